The van der Waals surface area contributed by atoms with Gasteiger partial charge < -0.3 is 4.57 Å². The van der Waals surface area contributed by atoms with Crippen molar-refractivity contribution >= 4 is 40.0 Å². The van der Waals surface area contributed by atoms with Gasteiger partial charge in [0, 0.05) is 51.4 Å². The molecule has 3 aromatic carbocycles. The van der Waals surface area contributed by atoms with Crippen LogP contribution < -0.4 is 0 Å². The summed E-state index contributed by atoms with van der Waals surface area (Å²) in [4.78, 5) is 11.6. The maximum Gasteiger partial charge on any atom is 0.269 e. The summed E-state index contributed by atoms with van der Waals surface area (Å²) in [5.74, 6) is 0.757. The fourth-order valence-electron chi connectivity index (χ4n) is 3.12. The van der Waals surface area contributed by atoms with Crippen LogP contribution in [-0.4, -0.2) is 9.49 Å². The van der Waals surface area contributed by atoms with Crippen molar-refractivity contribution in [2.75, 3.05) is 0 Å². The molecule has 0 aliphatic heterocycles. The van der Waals surface area contributed by atoms with Crippen LogP contribution in [0.3, 0.4) is 0 Å². The fraction of sp³-hybridized carbons (Fsp3) is 0.0909. The Bertz CT molecular complexity index is 1120. The Morgan fingerprint density at radius 2 is 1.61 bits per heavy atom. The topological polar surface area (TPSA) is 48.1 Å². The number of halogens is 1. The molecule has 0 amide bonds. The molecule has 0 N–H and O–H groups in total. The number of thioether (sulfide) groups is 1. The Hall–Kier alpha value is -2.76. The highest BCUT2D eigenvalue weighted by Gasteiger charge is 2.10. The van der Waals surface area contributed by atoms with E-state index in [0.29, 0.717) is 0 Å². The minimum Gasteiger partial charge on any atom is -0.342 e. The molecule has 28 heavy (non-hydrogen) atoms. The average Bonchev–Trinajstić information content (AvgIpc) is 3.06. The number of benzene rings is 3. The summed E-state index contributed by atoms with van der Waals surface area (Å²) in [7, 11) is 0. The predicted molar refractivity (Wildman–Crippen MR) is 115 cm³/mol. The SMILES string of the molecule is O=[N+]([O-])c1ccc(CSc2cn(Cc3ccc(Cl)cc3)c3ccccc23)cc1. The van der Waals surface area contributed by atoms with Crippen molar-refractivity contribution in [3.8, 4) is 0 Å². The molecule has 6 heteroatoms. The standard InChI is InChI=1S/C22H17ClN2O2S/c23-18-9-5-16(6-10-18)13-24-14-22(20-3-1-2-4-21(20)24)28-15-17-7-11-19(12-8-17)25(26)27/h1-12,14H,13,15H2. The minimum atomic E-state index is -0.374. The summed E-state index contributed by atoms with van der Waals surface area (Å²) in [6.45, 7) is 0.774. The molecular weight excluding hydrogens is 392 g/mol. The smallest absolute Gasteiger partial charge is 0.269 e. The van der Waals surface area contributed by atoms with E-state index in [1.165, 1.54) is 21.4 Å². The minimum absolute atomic E-state index is 0.119. The first-order valence-electron chi connectivity index (χ1n) is 8.78. The number of nitrogens with zero attached hydrogens (tertiary/aromatic N) is 2. The van der Waals surface area contributed by atoms with E-state index >= 15 is 0 Å². The number of fused-ring (bicyclic) bond motifs is 1. The van der Waals surface area contributed by atoms with Gasteiger partial charge in [-0.25, -0.2) is 0 Å². The second kappa shape index (κ2) is 8.09. The van der Waals surface area contributed by atoms with E-state index in [1.54, 1.807) is 23.9 Å². The molecule has 4 rings (SSSR count). The Balaban J connectivity index is 1.57. The van der Waals surface area contributed by atoms with Crippen molar-refractivity contribution in [3.63, 3.8) is 0 Å². The van der Waals surface area contributed by atoms with Crippen molar-refractivity contribution in [2.24, 2.45) is 0 Å². The number of hydrogen-bond donors (Lipinski definition) is 0. The zero-order chi connectivity index (χ0) is 19.5. The van der Waals surface area contributed by atoms with E-state index in [-0.39, 0.29) is 10.6 Å². The van der Waals surface area contributed by atoms with Gasteiger partial charge in [-0.1, -0.05) is 54.1 Å². The number of non-ortho nitro benzene ring substituents is 1. The molecule has 4 nitrogen and oxygen atoms in total. The first-order valence-corrected chi connectivity index (χ1v) is 10.1. The average molecular weight is 409 g/mol. The predicted octanol–water partition coefficient (Wildman–Crippen LogP) is 6.54. The Morgan fingerprint density at radius 3 is 2.32 bits per heavy atom. The molecule has 0 unspecified atom stereocenters. The van der Waals surface area contributed by atoms with Crippen molar-refractivity contribution in [1.29, 1.82) is 0 Å². The monoisotopic (exact) mass is 408 g/mol. The third kappa shape index (κ3) is 4.06. The summed E-state index contributed by atoms with van der Waals surface area (Å²) in [6, 6.07) is 23.0. The normalized spacial score (nSPS) is 11.0. The number of aromatic nitrogens is 1. The lowest BCUT2D eigenvalue weighted by Crippen LogP contribution is -1.97. The molecular formula is C22H17ClN2O2S. The lowest BCUT2D eigenvalue weighted by Gasteiger charge is -2.05. The number of nitro groups is 1. The van der Waals surface area contributed by atoms with Gasteiger partial charge in [-0.2, -0.15) is 0 Å². The maximum atomic E-state index is 10.8. The molecule has 0 bridgehead atoms. The van der Waals surface area contributed by atoms with Crippen LogP contribution in [0.5, 0.6) is 0 Å². The van der Waals surface area contributed by atoms with Gasteiger partial charge in [-0.3, -0.25) is 10.1 Å². The van der Waals surface area contributed by atoms with E-state index in [0.717, 1.165) is 22.9 Å². The van der Waals surface area contributed by atoms with Crippen LogP contribution >= 0.6 is 23.4 Å². The quantitative estimate of drug-likeness (QED) is 0.206. The first kappa shape index (κ1) is 18.6. The Kier molecular flexibility index (Phi) is 5.37. The lowest BCUT2D eigenvalue weighted by atomic mass is 10.2. The molecule has 0 aliphatic rings. The van der Waals surface area contributed by atoms with Crippen LogP contribution in [-0.2, 0) is 12.3 Å². The van der Waals surface area contributed by atoms with Gasteiger partial charge in [0.25, 0.3) is 5.69 Å². The van der Waals surface area contributed by atoms with E-state index < -0.39 is 0 Å². The zero-order valence-electron chi connectivity index (χ0n) is 14.9. The van der Waals surface area contributed by atoms with Gasteiger partial charge in [-0.15, -0.1) is 11.8 Å². The van der Waals surface area contributed by atoms with Gasteiger partial charge in [0.05, 0.1) is 4.92 Å². The molecule has 0 fully saturated rings. The number of nitro benzene ring substituents is 1. The van der Waals surface area contributed by atoms with Gasteiger partial charge >= 0.3 is 0 Å². The second-order valence-electron chi connectivity index (χ2n) is 6.48. The van der Waals surface area contributed by atoms with Crippen LogP contribution in [0.1, 0.15) is 11.1 Å². The molecule has 0 aliphatic carbocycles. The molecule has 0 saturated carbocycles. The van der Waals surface area contributed by atoms with E-state index in [4.69, 9.17) is 11.6 Å². The third-order valence-corrected chi connectivity index (χ3v) is 5.93. The van der Waals surface area contributed by atoms with E-state index in [1.807, 2.05) is 48.5 Å². The molecule has 0 saturated heterocycles. The summed E-state index contributed by atoms with van der Waals surface area (Å²) in [5, 5.41) is 12.7. The highest BCUT2D eigenvalue weighted by Crippen LogP contribution is 2.33. The largest absolute Gasteiger partial charge is 0.342 e. The number of hydrogen-bond acceptors (Lipinski definition) is 3. The third-order valence-electron chi connectivity index (χ3n) is 4.56. The van der Waals surface area contributed by atoms with Crippen LogP contribution in [0.4, 0.5) is 5.69 Å². The highest BCUT2D eigenvalue weighted by atomic mass is 35.5. The van der Waals surface area contributed by atoms with Gasteiger partial charge in [0.15, 0.2) is 0 Å². The zero-order valence-corrected chi connectivity index (χ0v) is 16.5. The Labute approximate surface area is 171 Å². The van der Waals surface area contributed by atoms with Crippen LogP contribution in [0, 0.1) is 10.1 Å². The van der Waals surface area contributed by atoms with Crippen molar-refractivity contribution in [3.05, 3.63) is 105 Å². The highest BCUT2D eigenvalue weighted by molar-refractivity contribution is 7.98. The summed E-state index contributed by atoms with van der Waals surface area (Å²) >= 11 is 7.73. The van der Waals surface area contributed by atoms with E-state index in [2.05, 4.69) is 22.9 Å². The van der Waals surface area contributed by atoms with Crippen molar-refractivity contribution < 1.29 is 4.92 Å². The van der Waals surface area contributed by atoms with Crippen LogP contribution in [0.15, 0.2) is 83.9 Å². The van der Waals surface area contributed by atoms with Gasteiger partial charge in [0.1, 0.15) is 0 Å². The molecule has 1 aromatic heterocycles. The molecule has 4 aromatic rings. The molecule has 0 atom stereocenters. The molecule has 0 spiro atoms. The van der Waals surface area contributed by atoms with Crippen LogP contribution in [0.2, 0.25) is 5.02 Å². The first-order chi connectivity index (χ1) is 13.6. The molecule has 0 radical (unpaired) electrons. The van der Waals surface area contributed by atoms with Gasteiger partial charge in [-0.05, 0) is 29.3 Å². The van der Waals surface area contributed by atoms with Crippen molar-refractivity contribution in [1.82, 2.24) is 4.57 Å². The van der Waals surface area contributed by atoms with Crippen molar-refractivity contribution in [2.45, 2.75) is 17.2 Å². The van der Waals surface area contributed by atoms with Crippen LogP contribution in [0.25, 0.3) is 10.9 Å². The summed E-state index contributed by atoms with van der Waals surface area (Å²) in [5.41, 5.74) is 3.55. The summed E-state index contributed by atoms with van der Waals surface area (Å²) < 4.78 is 2.25. The number of para-hydroxylation sites is 1. The molecule has 1 heterocycles. The fourth-order valence-corrected chi connectivity index (χ4v) is 4.29. The number of rotatable bonds is 6. The van der Waals surface area contributed by atoms with Gasteiger partial charge in [0.2, 0.25) is 0 Å². The molecule has 140 valence electrons. The second-order valence-corrected chi connectivity index (χ2v) is 7.93. The maximum absolute atomic E-state index is 10.8. The Morgan fingerprint density at radius 1 is 0.929 bits per heavy atom. The lowest BCUT2D eigenvalue weighted by molar-refractivity contribution is -0.384. The van der Waals surface area contributed by atoms with E-state index in [9.17, 15) is 10.1 Å². The summed E-state index contributed by atoms with van der Waals surface area (Å²) in [6.07, 6.45) is 2.18.